The first-order valence-electron chi connectivity index (χ1n) is 16.0. The number of aliphatic carboxylic acids is 1. The Morgan fingerprint density at radius 1 is 0.864 bits per heavy atom. The molecule has 0 bridgehead atoms. The lowest BCUT2D eigenvalue weighted by Gasteiger charge is -2.36. The van der Waals surface area contributed by atoms with Crippen LogP contribution in [0.5, 0.6) is 0 Å². The molecule has 44 heavy (non-hydrogen) atoms. The third-order valence-corrected chi connectivity index (χ3v) is 9.38. The van der Waals surface area contributed by atoms with Crippen LogP contribution in [0.4, 0.5) is 0 Å². The van der Waals surface area contributed by atoms with E-state index in [-0.39, 0.29) is 24.5 Å². The lowest BCUT2D eigenvalue weighted by molar-refractivity contribution is -0.154. The van der Waals surface area contributed by atoms with Gasteiger partial charge in [-0.2, -0.15) is 0 Å². The van der Waals surface area contributed by atoms with Crippen LogP contribution in [0, 0.1) is 5.92 Å². The standard InChI is InChI=1S/C37H44N2O5/c40-34(33-22-12-23-38-33)32(35(41)44-27-28-14-4-1-5-15-28)21-10-11-24-39-25-13-20-31(39)26-37(36(42)43,29-16-6-2-7-17-29)30-18-8-3-9-19-30/h1-9,14-19,31-33,38H,10-13,20-27H2,(H,42,43)/t31?,32?,33-/m1/s1. The van der Waals surface area contributed by atoms with Gasteiger partial charge in [-0.05, 0) is 81.3 Å². The molecule has 0 amide bonds. The van der Waals surface area contributed by atoms with Crippen LogP contribution >= 0.6 is 0 Å². The quantitative estimate of drug-likeness (QED) is 0.131. The summed E-state index contributed by atoms with van der Waals surface area (Å²) in [5, 5.41) is 14.0. The van der Waals surface area contributed by atoms with Gasteiger partial charge in [0.2, 0.25) is 0 Å². The van der Waals surface area contributed by atoms with E-state index in [2.05, 4.69) is 10.2 Å². The van der Waals surface area contributed by atoms with Gasteiger partial charge in [-0.25, -0.2) is 0 Å². The molecule has 5 rings (SSSR count). The normalized spacial score (nSPS) is 19.5. The van der Waals surface area contributed by atoms with E-state index in [0.29, 0.717) is 19.3 Å². The van der Waals surface area contributed by atoms with Crippen molar-refractivity contribution in [1.82, 2.24) is 10.2 Å². The smallest absolute Gasteiger partial charge is 0.318 e. The highest BCUT2D eigenvalue weighted by Gasteiger charge is 2.45. The maximum Gasteiger partial charge on any atom is 0.318 e. The SMILES string of the molecule is O=C(OCc1ccccc1)C(CCCCN1CCCC1CC(C(=O)O)(c1ccccc1)c1ccccc1)C(=O)[C@H]1CCCN1. The predicted octanol–water partition coefficient (Wildman–Crippen LogP) is 5.76. The van der Waals surface area contributed by atoms with E-state index in [9.17, 15) is 19.5 Å². The molecule has 2 unspecified atom stereocenters. The molecule has 0 aliphatic carbocycles. The number of carbonyl (C=O) groups excluding carboxylic acids is 2. The molecule has 0 saturated carbocycles. The first kappa shape index (κ1) is 31.6. The molecule has 0 radical (unpaired) electrons. The minimum atomic E-state index is -1.15. The largest absolute Gasteiger partial charge is 0.480 e. The number of benzene rings is 3. The molecule has 0 aromatic heterocycles. The van der Waals surface area contributed by atoms with Crippen molar-refractivity contribution in [2.75, 3.05) is 19.6 Å². The second-order valence-electron chi connectivity index (χ2n) is 12.2. The molecule has 3 aromatic carbocycles. The number of rotatable bonds is 15. The maximum absolute atomic E-state index is 13.4. The molecule has 2 saturated heterocycles. The Labute approximate surface area is 260 Å². The number of carboxylic acids is 1. The summed E-state index contributed by atoms with van der Waals surface area (Å²) in [6, 6.07) is 28.5. The lowest BCUT2D eigenvalue weighted by atomic mass is 9.70. The number of likely N-dealkylation sites (tertiary alicyclic amines) is 1. The number of unbranched alkanes of at least 4 members (excludes halogenated alkanes) is 1. The van der Waals surface area contributed by atoms with Gasteiger partial charge in [0.1, 0.15) is 17.9 Å². The number of hydrogen-bond acceptors (Lipinski definition) is 6. The highest BCUT2D eigenvalue weighted by Crippen LogP contribution is 2.40. The monoisotopic (exact) mass is 596 g/mol. The molecule has 7 nitrogen and oxygen atoms in total. The Balaban J connectivity index is 1.23. The zero-order chi connectivity index (χ0) is 30.8. The minimum Gasteiger partial charge on any atom is -0.480 e. The van der Waals surface area contributed by atoms with Gasteiger partial charge >= 0.3 is 11.9 Å². The third-order valence-electron chi connectivity index (χ3n) is 9.38. The fourth-order valence-electron chi connectivity index (χ4n) is 7.00. The second kappa shape index (κ2) is 15.3. The van der Waals surface area contributed by atoms with Gasteiger partial charge in [-0.3, -0.25) is 14.4 Å². The van der Waals surface area contributed by atoms with Crippen LogP contribution in [-0.2, 0) is 31.1 Å². The molecule has 0 spiro atoms. The summed E-state index contributed by atoms with van der Waals surface area (Å²) in [4.78, 5) is 42.1. The summed E-state index contributed by atoms with van der Waals surface area (Å²) in [6.45, 7) is 2.66. The molecular formula is C37H44N2O5. The van der Waals surface area contributed by atoms with Crippen molar-refractivity contribution < 1.29 is 24.2 Å². The minimum absolute atomic E-state index is 0.0587. The fourth-order valence-corrected chi connectivity index (χ4v) is 7.00. The van der Waals surface area contributed by atoms with Crippen molar-refractivity contribution >= 4 is 17.7 Å². The lowest BCUT2D eigenvalue weighted by Crippen LogP contribution is -2.44. The number of ether oxygens (including phenoxy) is 1. The molecule has 2 aliphatic rings. The van der Waals surface area contributed by atoms with E-state index < -0.39 is 23.3 Å². The first-order valence-corrected chi connectivity index (χ1v) is 16.0. The summed E-state index contributed by atoms with van der Waals surface area (Å²) in [7, 11) is 0. The van der Waals surface area contributed by atoms with Gasteiger partial charge in [0.05, 0.1) is 6.04 Å². The molecular weight excluding hydrogens is 552 g/mol. The summed E-state index contributed by atoms with van der Waals surface area (Å²) in [5.41, 5.74) is 1.34. The van der Waals surface area contributed by atoms with Crippen LogP contribution in [0.15, 0.2) is 91.0 Å². The molecule has 3 aromatic rings. The van der Waals surface area contributed by atoms with E-state index in [4.69, 9.17) is 4.74 Å². The highest BCUT2D eigenvalue weighted by atomic mass is 16.5. The summed E-state index contributed by atoms with van der Waals surface area (Å²) in [6.07, 6.45) is 6.12. The van der Waals surface area contributed by atoms with E-state index in [1.165, 1.54) is 0 Å². The average Bonchev–Trinajstić information content (AvgIpc) is 3.76. The van der Waals surface area contributed by atoms with Crippen LogP contribution in [0.2, 0.25) is 0 Å². The molecule has 2 N–H and O–H groups in total. The number of hydrogen-bond donors (Lipinski definition) is 2. The average molecular weight is 597 g/mol. The van der Waals surface area contributed by atoms with Crippen LogP contribution < -0.4 is 5.32 Å². The van der Waals surface area contributed by atoms with Gasteiger partial charge in [0.25, 0.3) is 0 Å². The van der Waals surface area contributed by atoms with Gasteiger partial charge in [0, 0.05) is 6.04 Å². The van der Waals surface area contributed by atoms with Gasteiger partial charge in [-0.15, -0.1) is 0 Å². The van der Waals surface area contributed by atoms with Crippen molar-refractivity contribution in [1.29, 1.82) is 0 Å². The number of nitrogens with zero attached hydrogens (tertiary/aromatic N) is 1. The Morgan fingerprint density at radius 3 is 2.09 bits per heavy atom. The molecule has 2 aliphatic heterocycles. The summed E-state index contributed by atoms with van der Waals surface area (Å²) in [5.74, 6) is -2.11. The van der Waals surface area contributed by atoms with Crippen molar-refractivity contribution in [2.45, 2.75) is 75.5 Å². The Morgan fingerprint density at radius 2 is 1.50 bits per heavy atom. The third kappa shape index (κ3) is 7.45. The topological polar surface area (TPSA) is 95.9 Å². The number of carboxylic acid groups (broad SMARTS) is 1. The Bertz CT molecular complexity index is 1320. The van der Waals surface area contributed by atoms with Crippen molar-refractivity contribution in [3.8, 4) is 0 Å². The molecule has 7 heteroatoms. The summed E-state index contributed by atoms with van der Waals surface area (Å²) >= 11 is 0. The van der Waals surface area contributed by atoms with Gasteiger partial charge in [0.15, 0.2) is 5.78 Å². The molecule has 3 atom stereocenters. The molecule has 2 heterocycles. The zero-order valence-electron chi connectivity index (χ0n) is 25.4. The Hall–Kier alpha value is -3.81. The fraction of sp³-hybridized carbons (Fsp3) is 0.432. The number of Topliss-reactive ketones (excluding diaryl/α,β-unsaturated/α-hetero) is 1. The predicted molar refractivity (Wildman–Crippen MR) is 170 cm³/mol. The van der Waals surface area contributed by atoms with Crippen LogP contribution in [0.25, 0.3) is 0 Å². The van der Waals surface area contributed by atoms with Crippen molar-refractivity contribution in [3.05, 3.63) is 108 Å². The van der Waals surface area contributed by atoms with Crippen LogP contribution in [-0.4, -0.2) is 59.4 Å². The van der Waals surface area contributed by atoms with E-state index >= 15 is 0 Å². The molecule has 2 fully saturated rings. The second-order valence-corrected chi connectivity index (χ2v) is 12.2. The number of carbonyl (C=O) groups is 3. The molecule has 232 valence electrons. The van der Waals surface area contributed by atoms with Gasteiger partial charge < -0.3 is 20.1 Å². The van der Waals surface area contributed by atoms with Crippen molar-refractivity contribution in [3.63, 3.8) is 0 Å². The summed E-state index contributed by atoms with van der Waals surface area (Å²) < 4.78 is 5.63. The number of esters is 1. The highest BCUT2D eigenvalue weighted by molar-refractivity contribution is 6.01. The number of ketones is 1. The van der Waals surface area contributed by atoms with E-state index in [1.54, 1.807) is 0 Å². The van der Waals surface area contributed by atoms with Gasteiger partial charge in [-0.1, -0.05) is 97.4 Å². The first-order chi connectivity index (χ1) is 21.5. The van der Waals surface area contributed by atoms with Crippen LogP contribution in [0.1, 0.15) is 68.1 Å². The zero-order valence-corrected chi connectivity index (χ0v) is 25.4. The van der Waals surface area contributed by atoms with E-state index in [0.717, 1.165) is 68.4 Å². The Kier molecular flexibility index (Phi) is 11.0. The van der Waals surface area contributed by atoms with E-state index in [1.807, 2.05) is 91.0 Å². The maximum atomic E-state index is 13.4. The van der Waals surface area contributed by atoms with Crippen LogP contribution in [0.3, 0.4) is 0 Å². The number of nitrogens with one attached hydrogen (secondary N) is 1. The van der Waals surface area contributed by atoms with Crippen molar-refractivity contribution in [2.24, 2.45) is 5.92 Å².